The highest BCUT2D eigenvalue weighted by Crippen LogP contribution is 2.23. The maximum Gasteiger partial charge on any atom is 0.638 e. The molecule has 0 bridgehead atoms. The number of anilines is 1. The van der Waals surface area contributed by atoms with Crippen molar-refractivity contribution in [3.05, 3.63) is 83.4 Å². The summed E-state index contributed by atoms with van der Waals surface area (Å²) >= 11 is 5.98. The van der Waals surface area contributed by atoms with Crippen molar-refractivity contribution in [3.8, 4) is 17.6 Å². The fraction of sp³-hybridized carbons (Fsp3) is 0.125. The second-order valence-corrected chi connectivity index (χ2v) is 7.57. The van der Waals surface area contributed by atoms with Crippen molar-refractivity contribution in [2.75, 3.05) is 5.32 Å². The van der Waals surface area contributed by atoms with E-state index >= 15 is 0 Å². The molecule has 0 saturated heterocycles. The summed E-state index contributed by atoms with van der Waals surface area (Å²) in [7, 11) is 0. The van der Waals surface area contributed by atoms with Gasteiger partial charge in [0, 0.05) is 28.9 Å². The molecule has 3 N–H and O–H groups in total. The van der Waals surface area contributed by atoms with E-state index in [-0.39, 0.29) is 24.3 Å². The van der Waals surface area contributed by atoms with Gasteiger partial charge in [-0.05, 0) is 46.9 Å². The Morgan fingerprint density at radius 3 is 2.32 bits per heavy atom. The second kappa shape index (κ2) is 8.62. The number of benzene rings is 3. The largest absolute Gasteiger partial charge is 0.638 e. The highest BCUT2D eigenvalue weighted by Gasteiger charge is 2.36. The topological polar surface area (TPSA) is 77.3 Å². The van der Waals surface area contributed by atoms with Crippen LogP contribution in [0.5, 0.6) is 11.9 Å². The number of fused-ring (bicyclic) bond motifs is 1. The molecule has 7 heteroatoms. The first-order chi connectivity index (χ1) is 15.0. The predicted octanol–water partition coefficient (Wildman–Crippen LogP) is 3.67. The molecule has 0 radical (unpaired) electrons. The number of nitrogens with zero attached hydrogens (tertiary/aromatic N) is 2. The molecule has 0 atom stereocenters. The molecule has 3 aromatic carbocycles. The Kier molecular flexibility index (Phi) is 5.73. The van der Waals surface area contributed by atoms with Gasteiger partial charge in [-0.25, -0.2) is 0 Å². The Morgan fingerprint density at radius 1 is 0.968 bits per heavy atom. The van der Waals surface area contributed by atoms with Gasteiger partial charge in [0.1, 0.15) is 0 Å². The second-order valence-electron chi connectivity index (χ2n) is 7.14. The molecule has 0 aliphatic heterocycles. The average Bonchev–Trinajstić information content (AvgIpc) is 2.78. The Labute approximate surface area is 184 Å². The van der Waals surface area contributed by atoms with Gasteiger partial charge in [-0.1, -0.05) is 47.4 Å². The molecule has 6 nitrogen and oxygen atoms in total. The number of halogens is 1. The van der Waals surface area contributed by atoms with E-state index in [1.807, 2.05) is 24.3 Å². The number of rotatable bonds is 5. The zero-order valence-electron chi connectivity index (χ0n) is 16.9. The first-order valence-corrected chi connectivity index (χ1v) is 10.3. The maximum absolute atomic E-state index is 12.8. The van der Waals surface area contributed by atoms with Crippen LogP contribution in [0.4, 0.5) is 5.69 Å². The van der Waals surface area contributed by atoms with Gasteiger partial charge in [-0.15, -0.1) is 0 Å². The predicted molar refractivity (Wildman–Crippen MR) is 118 cm³/mol. The zero-order chi connectivity index (χ0) is 22.0. The smallest absolute Gasteiger partial charge is 0.459 e. The summed E-state index contributed by atoms with van der Waals surface area (Å²) in [6, 6.07) is 21.1. The summed E-state index contributed by atoms with van der Waals surface area (Å²) < 4.78 is 2.74. The third-order valence-corrected chi connectivity index (χ3v) is 5.37. The minimum atomic E-state index is -0.303. The molecule has 0 aliphatic carbocycles. The van der Waals surface area contributed by atoms with Crippen LogP contribution in [-0.2, 0) is 17.8 Å². The van der Waals surface area contributed by atoms with Crippen LogP contribution in [0.1, 0.15) is 12.5 Å². The van der Waals surface area contributed by atoms with Crippen LogP contribution in [0.25, 0.3) is 16.6 Å². The lowest BCUT2D eigenvalue weighted by atomic mass is 10.1. The van der Waals surface area contributed by atoms with E-state index in [1.165, 1.54) is 14.7 Å². The first kappa shape index (κ1) is 20.6. The Hall–Kier alpha value is -3.64. The van der Waals surface area contributed by atoms with E-state index in [0.29, 0.717) is 27.3 Å². The molecule has 0 fully saturated rings. The summed E-state index contributed by atoms with van der Waals surface area (Å²) in [5, 5.41) is 25.8. The molecule has 4 aromatic rings. The molecule has 0 saturated carbocycles. The molecule has 1 aromatic heterocycles. The molecule has 31 heavy (non-hydrogen) atoms. The first-order valence-electron chi connectivity index (χ1n) is 9.91. The number of aryl methyl sites for hydroxylation is 1. The van der Waals surface area contributed by atoms with Crippen LogP contribution in [0.15, 0.2) is 72.8 Å². The minimum absolute atomic E-state index is 0.137. The minimum Gasteiger partial charge on any atom is -0.459 e. The zero-order valence-corrected chi connectivity index (χ0v) is 17.7. The summed E-state index contributed by atoms with van der Waals surface area (Å²) in [5.41, 5.74) is 2.89. The number of aromatic nitrogens is 2. The van der Waals surface area contributed by atoms with Crippen LogP contribution in [0, 0.1) is 0 Å². The molecule has 0 aliphatic rings. The van der Waals surface area contributed by atoms with Crippen molar-refractivity contribution in [1.29, 1.82) is 0 Å². The molecule has 1 heterocycles. The number of para-hydroxylation sites is 1. The quantitative estimate of drug-likeness (QED) is 0.418. The molecule has 156 valence electrons. The fourth-order valence-corrected chi connectivity index (χ4v) is 3.62. The molecular formula is C24H22ClN3O3+2. The van der Waals surface area contributed by atoms with Crippen molar-refractivity contribution < 1.29 is 24.1 Å². The number of hydrogen-bond donors (Lipinski definition) is 3. The number of aromatic hydroxyl groups is 2. The molecule has 4 rings (SSSR count). The van der Waals surface area contributed by atoms with Gasteiger partial charge in [-0.2, -0.15) is 0 Å². The molecule has 0 unspecified atom stereocenters. The van der Waals surface area contributed by atoms with Gasteiger partial charge in [0.15, 0.2) is 5.39 Å². The monoisotopic (exact) mass is 435 g/mol. The van der Waals surface area contributed by atoms with Gasteiger partial charge in [0.05, 0.1) is 0 Å². The van der Waals surface area contributed by atoms with E-state index in [2.05, 4.69) is 12.2 Å². The van der Waals surface area contributed by atoms with Gasteiger partial charge in [0.2, 0.25) is 17.7 Å². The van der Waals surface area contributed by atoms with E-state index in [4.69, 9.17) is 11.6 Å². The lowest BCUT2D eigenvalue weighted by molar-refractivity contribution is -0.774. The molecular weight excluding hydrogens is 414 g/mol. The van der Waals surface area contributed by atoms with E-state index in [9.17, 15) is 15.0 Å². The van der Waals surface area contributed by atoms with Gasteiger partial charge in [0.25, 0.3) is 5.91 Å². The average molecular weight is 436 g/mol. The van der Waals surface area contributed by atoms with Gasteiger partial charge in [-0.3, -0.25) is 4.79 Å². The fourth-order valence-electron chi connectivity index (χ4n) is 3.49. The lowest BCUT2D eigenvalue weighted by Gasteiger charge is -2.07. The maximum atomic E-state index is 12.8. The SMILES string of the molecule is CCc1ccc(NC(=O)C[n+]2c(O)[n+](-c3ccc(Cl)cc3)c(O)c3ccccc32)cc1. The summed E-state index contributed by atoms with van der Waals surface area (Å²) in [4.78, 5) is 12.8. The highest BCUT2D eigenvalue weighted by molar-refractivity contribution is 6.30. The Bertz CT molecular complexity index is 1260. The van der Waals surface area contributed by atoms with Crippen LogP contribution >= 0.6 is 11.6 Å². The van der Waals surface area contributed by atoms with Crippen molar-refractivity contribution >= 4 is 34.1 Å². The number of nitrogens with one attached hydrogen (secondary N) is 1. The molecule has 0 spiro atoms. The number of hydrogen-bond acceptors (Lipinski definition) is 3. The molecule has 1 amide bonds. The number of carbonyl (C=O) groups excluding carboxylic acids is 1. The third-order valence-electron chi connectivity index (χ3n) is 5.12. The lowest BCUT2D eigenvalue weighted by Crippen LogP contribution is -2.49. The van der Waals surface area contributed by atoms with Crippen molar-refractivity contribution in [2.45, 2.75) is 19.9 Å². The van der Waals surface area contributed by atoms with Crippen molar-refractivity contribution in [3.63, 3.8) is 0 Å². The van der Waals surface area contributed by atoms with Gasteiger partial charge >= 0.3 is 11.9 Å². The highest BCUT2D eigenvalue weighted by atomic mass is 35.5. The van der Waals surface area contributed by atoms with E-state index in [0.717, 1.165) is 6.42 Å². The number of amides is 1. The van der Waals surface area contributed by atoms with E-state index < -0.39 is 0 Å². The van der Waals surface area contributed by atoms with Crippen LogP contribution in [0.2, 0.25) is 5.02 Å². The Balaban J connectivity index is 1.75. The third kappa shape index (κ3) is 4.15. The standard InChI is InChI=1S/C24H20ClN3O3/c1-2-16-7-11-18(12-8-16)26-22(29)15-27-21-6-4-3-5-20(21)23(30)28(24(27)31)19-13-9-17(25)10-14-19/h3-14H,2,15H2,1H3,(H,26,29)/p+2. The normalized spacial score (nSPS) is 10.9. The van der Waals surface area contributed by atoms with E-state index in [1.54, 1.807) is 48.5 Å². The van der Waals surface area contributed by atoms with Crippen molar-refractivity contribution in [2.24, 2.45) is 0 Å². The van der Waals surface area contributed by atoms with Gasteiger partial charge < -0.3 is 15.5 Å². The summed E-state index contributed by atoms with van der Waals surface area (Å²) in [6.07, 6.45) is 0.919. The summed E-state index contributed by atoms with van der Waals surface area (Å²) in [5.74, 6) is -0.440. The Morgan fingerprint density at radius 2 is 1.65 bits per heavy atom. The van der Waals surface area contributed by atoms with Crippen LogP contribution in [0.3, 0.4) is 0 Å². The van der Waals surface area contributed by atoms with Crippen LogP contribution < -0.4 is 14.5 Å². The van der Waals surface area contributed by atoms with Crippen LogP contribution in [-0.4, -0.2) is 16.1 Å². The van der Waals surface area contributed by atoms with Crippen molar-refractivity contribution in [1.82, 2.24) is 0 Å². The number of carbonyl (C=O) groups is 1. The summed E-state index contributed by atoms with van der Waals surface area (Å²) in [6.45, 7) is 1.93.